The van der Waals surface area contributed by atoms with Crippen molar-refractivity contribution in [3.8, 4) is 11.5 Å². The van der Waals surface area contributed by atoms with Gasteiger partial charge in [0.05, 0.1) is 6.04 Å². The number of hydrogen-bond donors (Lipinski definition) is 3. The van der Waals surface area contributed by atoms with Crippen molar-refractivity contribution in [1.29, 1.82) is 0 Å². The molecule has 0 bridgehead atoms. The number of fused-ring (bicyclic) bond motifs is 1. The fourth-order valence-electron chi connectivity index (χ4n) is 2.84. The second-order valence-corrected chi connectivity index (χ2v) is 6.44. The number of rotatable bonds is 6. The highest BCUT2D eigenvalue weighted by Crippen LogP contribution is 2.32. The summed E-state index contributed by atoms with van der Waals surface area (Å²) in [5.74, 6) is 0.781. The number of carbonyl (C=O) groups excluding carboxylic acids is 2. The molecule has 3 rings (SSSR count). The van der Waals surface area contributed by atoms with Crippen molar-refractivity contribution in [3.05, 3.63) is 53.6 Å². The molecule has 0 fully saturated rings. The van der Waals surface area contributed by atoms with Crippen LogP contribution in [0.4, 0.5) is 5.69 Å². The molecule has 0 radical (unpaired) electrons. The van der Waals surface area contributed by atoms with Crippen LogP contribution in [0.1, 0.15) is 35.8 Å². The zero-order chi connectivity index (χ0) is 19.4. The van der Waals surface area contributed by atoms with Gasteiger partial charge in [0.25, 0.3) is 0 Å². The Bertz CT molecular complexity index is 836. The molecule has 2 atom stereocenters. The van der Waals surface area contributed by atoms with Crippen molar-refractivity contribution in [2.75, 3.05) is 18.5 Å². The molecule has 2 aromatic carbocycles. The normalized spacial score (nSPS) is 14.9. The summed E-state index contributed by atoms with van der Waals surface area (Å²) in [5.41, 5.74) is 7.21. The number of anilines is 1. The number of primary amides is 1. The lowest BCUT2D eigenvalue weighted by atomic mass is 10.1. The Morgan fingerprint density at radius 3 is 2.33 bits per heavy atom. The molecule has 1 aliphatic rings. The number of benzene rings is 2. The predicted octanol–water partition coefficient (Wildman–Crippen LogP) is 2.23. The van der Waals surface area contributed by atoms with Crippen molar-refractivity contribution in [1.82, 2.24) is 5.32 Å². The van der Waals surface area contributed by atoms with Crippen LogP contribution >= 0.6 is 0 Å². The Morgan fingerprint density at radius 1 is 1.00 bits per heavy atom. The molecular weight excluding hydrogens is 346 g/mol. The molecule has 2 amide bonds. The van der Waals surface area contributed by atoms with Crippen LogP contribution in [0.15, 0.2) is 42.5 Å². The minimum Gasteiger partial charge on any atom is -0.486 e. The largest absolute Gasteiger partial charge is 0.486 e. The lowest BCUT2D eigenvalue weighted by Crippen LogP contribution is -2.39. The highest BCUT2D eigenvalue weighted by Gasteiger charge is 2.19. The van der Waals surface area contributed by atoms with E-state index < -0.39 is 11.9 Å². The maximum atomic E-state index is 12.4. The first-order valence-electron chi connectivity index (χ1n) is 8.80. The molecular formula is C20H23N3O4. The summed E-state index contributed by atoms with van der Waals surface area (Å²) in [7, 11) is 0. The molecule has 1 aliphatic heterocycles. The number of carbonyl (C=O) groups is 2. The minimum absolute atomic E-state index is 0.0567. The number of ether oxygens (including phenoxy) is 2. The summed E-state index contributed by atoms with van der Waals surface area (Å²) in [5, 5.41) is 6.09. The average molecular weight is 369 g/mol. The van der Waals surface area contributed by atoms with Gasteiger partial charge in [-0.2, -0.15) is 0 Å². The van der Waals surface area contributed by atoms with E-state index in [0.717, 1.165) is 17.1 Å². The zero-order valence-electron chi connectivity index (χ0n) is 15.3. The van der Waals surface area contributed by atoms with E-state index in [-0.39, 0.29) is 11.9 Å². The van der Waals surface area contributed by atoms with Gasteiger partial charge >= 0.3 is 0 Å². The van der Waals surface area contributed by atoms with Gasteiger partial charge in [-0.05, 0) is 55.8 Å². The van der Waals surface area contributed by atoms with Gasteiger partial charge in [0.15, 0.2) is 11.5 Å². The van der Waals surface area contributed by atoms with E-state index in [4.69, 9.17) is 15.2 Å². The molecule has 0 spiro atoms. The highest BCUT2D eigenvalue weighted by molar-refractivity contribution is 5.96. The summed E-state index contributed by atoms with van der Waals surface area (Å²) in [6.45, 7) is 4.86. The van der Waals surface area contributed by atoms with E-state index in [0.29, 0.717) is 24.5 Å². The van der Waals surface area contributed by atoms with Gasteiger partial charge < -0.3 is 20.5 Å². The smallest absolute Gasteiger partial charge is 0.248 e. The summed E-state index contributed by atoms with van der Waals surface area (Å²) in [6, 6.07) is 11.7. The maximum absolute atomic E-state index is 12.4. The number of amides is 2. The Morgan fingerprint density at radius 2 is 1.67 bits per heavy atom. The molecule has 0 aromatic heterocycles. The molecule has 0 saturated heterocycles. The summed E-state index contributed by atoms with van der Waals surface area (Å²) in [6.07, 6.45) is 0. The lowest BCUT2D eigenvalue weighted by Gasteiger charge is -2.23. The topological polar surface area (TPSA) is 103 Å². The summed E-state index contributed by atoms with van der Waals surface area (Å²) in [4.78, 5) is 23.5. The molecule has 0 aliphatic carbocycles. The molecule has 0 unspecified atom stereocenters. The summed E-state index contributed by atoms with van der Waals surface area (Å²) >= 11 is 0. The third-order valence-electron chi connectivity index (χ3n) is 4.40. The van der Waals surface area contributed by atoms with Crippen LogP contribution in [0.3, 0.4) is 0 Å². The molecule has 27 heavy (non-hydrogen) atoms. The van der Waals surface area contributed by atoms with Crippen LogP contribution in [0.2, 0.25) is 0 Å². The molecule has 4 N–H and O–H groups in total. The number of nitrogens with two attached hydrogens (primary N) is 1. The molecule has 7 heteroatoms. The van der Waals surface area contributed by atoms with Crippen LogP contribution in [-0.4, -0.2) is 31.1 Å². The van der Waals surface area contributed by atoms with E-state index in [1.807, 2.05) is 25.1 Å². The second kappa shape index (κ2) is 8.09. The fraction of sp³-hybridized carbons (Fsp3) is 0.300. The first-order valence-corrected chi connectivity index (χ1v) is 8.80. The lowest BCUT2D eigenvalue weighted by molar-refractivity contribution is -0.117. The molecule has 7 nitrogen and oxygen atoms in total. The monoisotopic (exact) mass is 369 g/mol. The van der Waals surface area contributed by atoms with E-state index >= 15 is 0 Å². The van der Waals surface area contributed by atoms with Crippen molar-refractivity contribution < 1.29 is 19.1 Å². The third-order valence-corrected chi connectivity index (χ3v) is 4.40. The Hall–Kier alpha value is -3.06. The first-order chi connectivity index (χ1) is 12.9. The van der Waals surface area contributed by atoms with Crippen molar-refractivity contribution >= 4 is 17.5 Å². The molecule has 2 aromatic rings. The first kappa shape index (κ1) is 18.7. The molecule has 1 heterocycles. The summed E-state index contributed by atoms with van der Waals surface area (Å²) < 4.78 is 11.1. The van der Waals surface area contributed by atoms with Gasteiger partial charge in [-0.3, -0.25) is 14.9 Å². The van der Waals surface area contributed by atoms with E-state index in [2.05, 4.69) is 10.6 Å². The van der Waals surface area contributed by atoms with Crippen LogP contribution in [0, 0.1) is 0 Å². The zero-order valence-corrected chi connectivity index (χ0v) is 15.3. The van der Waals surface area contributed by atoms with Gasteiger partial charge in [-0.1, -0.05) is 6.07 Å². The van der Waals surface area contributed by atoms with Crippen LogP contribution in [0.5, 0.6) is 11.5 Å². The standard InChI is InChI=1S/C20H23N3O4/c1-12(15-5-8-17-18(11-15)27-10-9-26-17)22-13(2)20(25)23-16-6-3-14(4-7-16)19(21)24/h3-8,11-13,22H,9-10H2,1-2H3,(H2,21,24)(H,23,25)/t12-,13+/m0/s1. The van der Waals surface area contributed by atoms with E-state index in [9.17, 15) is 9.59 Å². The Kier molecular flexibility index (Phi) is 5.61. The van der Waals surface area contributed by atoms with E-state index in [1.54, 1.807) is 31.2 Å². The minimum atomic E-state index is -0.504. The second-order valence-electron chi connectivity index (χ2n) is 6.44. The molecule has 0 saturated carbocycles. The average Bonchev–Trinajstić information content (AvgIpc) is 2.67. The Labute approximate surface area is 157 Å². The predicted molar refractivity (Wildman–Crippen MR) is 102 cm³/mol. The third kappa shape index (κ3) is 4.57. The van der Waals surface area contributed by atoms with Crippen LogP contribution in [-0.2, 0) is 4.79 Å². The SMILES string of the molecule is C[C@H](N[C@H](C)C(=O)Nc1ccc(C(N)=O)cc1)c1ccc2c(c1)OCCO2. The number of nitrogens with one attached hydrogen (secondary N) is 2. The van der Waals surface area contributed by atoms with Crippen molar-refractivity contribution in [2.45, 2.75) is 25.9 Å². The van der Waals surface area contributed by atoms with Gasteiger partial charge in [0, 0.05) is 17.3 Å². The van der Waals surface area contributed by atoms with Gasteiger partial charge in [-0.15, -0.1) is 0 Å². The van der Waals surface area contributed by atoms with Gasteiger partial charge in [0.1, 0.15) is 13.2 Å². The van der Waals surface area contributed by atoms with Crippen molar-refractivity contribution in [2.24, 2.45) is 5.73 Å². The van der Waals surface area contributed by atoms with Gasteiger partial charge in [-0.25, -0.2) is 0 Å². The maximum Gasteiger partial charge on any atom is 0.248 e. The van der Waals surface area contributed by atoms with Crippen molar-refractivity contribution in [3.63, 3.8) is 0 Å². The van der Waals surface area contributed by atoms with E-state index in [1.165, 1.54) is 0 Å². The Balaban J connectivity index is 1.59. The van der Waals surface area contributed by atoms with Crippen LogP contribution in [0.25, 0.3) is 0 Å². The number of hydrogen-bond acceptors (Lipinski definition) is 5. The molecule has 142 valence electrons. The fourth-order valence-corrected chi connectivity index (χ4v) is 2.84. The van der Waals surface area contributed by atoms with Crippen LogP contribution < -0.4 is 25.8 Å². The quantitative estimate of drug-likeness (QED) is 0.725. The highest BCUT2D eigenvalue weighted by atomic mass is 16.6. The van der Waals surface area contributed by atoms with Gasteiger partial charge in [0.2, 0.25) is 11.8 Å².